The van der Waals surface area contributed by atoms with Gasteiger partial charge >= 0.3 is 0 Å². The van der Waals surface area contributed by atoms with Gasteiger partial charge in [-0.3, -0.25) is 0 Å². The van der Waals surface area contributed by atoms with Crippen LogP contribution in [-0.2, 0) is 5.41 Å². The molecule has 2 aliphatic heterocycles. The number of nitrogens with one attached hydrogen (secondary N) is 2. The van der Waals surface area contributed by atoms with Crippen molar-refractivity contribution in [2.75, 3.05) is 6.54 Å². The summed E-state index contributed by atoms with van der Waals surface area (Å²) in [5, 5.41) is 24.7. The van der Waals surface area contributed by atoms with Crippen LogP contribution in [-0.4, -0.2) is 45.4 Å². The van der Waals surface area contributed by atoms with Crippen LogP contribution in [0.2, 0.25) is 0 Å². The van der Waals surface area contributed by atoms with Crippen LogP contribution in [0.15, 0.2) is 46.1 Å². The Morgan fingerprint density at radius 3 is 2.41 bits per heavy atom. The SMILES string of the molecule is CC(C)(O)CCN=C1N=C(c2ccc(C(C)(C)C)cc2)NC2=CC(O)NN21. The van der Waals surface area contributed by atoms with Crippen molar-refractivity contribution in [3.05, 3.63) is 47.3 Å². The van der Waals surface area contributed by atoms with E-state index in [0.717, 1.165) is 5.56 Å². The van der Waals surface area contributed by atoms with Gasteiger partial charge in [-0.2, -0.15) is 10.4 Å². The quantitative estimate of drug-likeness (QED) is 0.648. The van der Waals surface area contributed by atoms with E-state index in [1.165, 1.54) is 5.56 Å². The van der Waals surface area contributed by atoms with Crippen LogP contribution in [0.4, 0.5) is 0 Å². The van der Waals surface area contributed by atoms with Gasteiger partial charge in [0, 0.05) is 18.2 Å². The Morgan fingerprint density at radius 2 is 1.81 bits per heavy atom. The van der Waals surface area contributed by atoms with Crippen molar-refractivity contribution in [1.82, 2.24) is 15.8 Å². The van der Waals surface area contributed by atoms with Crippen molar-refractivity contribution in [3.63, 3.8) is 0 Å². The van der Waals surface area contributed by atoms with Crippen LogP contribution >= 0.6 is 0 Å². The fourth-order valence-corrected chi connectivity index (χ4v) is 2.83. The number of guanidine groups is 1. The molecule has 0 spiro atoms. The lowest BCUT2D eigenvalue weighted by Gasteiger charge is -2.28. The molecule has 1 atom stereocenters. The Kier molecular flexibility index (Phi) is 5.12. The van der Waals surface area contributed by atoms with E-state index in [9.17, 15) is 10.2 Å². The molecular weight excluding hydrogens is 342 g/mol. The monoisotopic (exact) mass is 371 g/mol. The van der Waals surface area contributed by atoms with Crippen LogP contribution < -0.4 is 10.7 Å². The van der Waals surface area contributed by atoms with Gasteiger partial charge in [-0.1, -0.05) is 45.0 Å². The molecule has 0 amide bonds. The summed E-state index contributed by atoms with van der Waals surface area (Å²) in [5.74, 6) is 1.82. The normalized spacial score (nSPS) is 21.7. The summed E-state index contributed by atoms with van der Waals surface area (Å²) in [6.45, 7) is 10.5. The lowest BCUT2D eigenvalue weighted by atomic mass is 9.86. The summed E-state index contributed by atoms with van der Waals surface area (Å²) >= 11 is 0. The molecule has 0 bridgehead atoms. The van der Waals surface area contributed by atoms with Gasteiger partial charge in [0.1, 0.15) is 17.9 Å². The molecule has 0 saturated heterocycles. The van der Waals surface area contributed by atoms with Gasteiger partial charge in [0.15, 0.2) is 0 Å². The second-order valence-electron chi connectivity index (χ2n) is 8.62. The minimum atomic E-state index is -0.801. The predicted molar refractivity (Wildman–Crippen MR) is 107 cm³/mol. The number of hydrogen-bond acceptors (Lipinski definition) is 5. The Balaban J connectivity index is 1.89. The molecule has 1 aromatic carbocycles. The maximum absolute atomic E-state index is 9.90. The fourth-order valence-electron chi connectivity index (χ4n) is 2.83. The van der Waals surface area contributed by atoms with E-state index in [1.54, 1.807) is 24.9 Å². The summed E-state index contributed by atoms with van der Waals surface area (Å²) in [6, 6.07) is 8.28. The molecule has 1 unspecified atom stereocenters. The van der Waals surface area contributed by atoms with Crippen molar-refractivity contribution >= 4 is 11.8 Å². The van der Waals surface area contributed by atoms with Crippen LogP contribution in [0.1, 0.15) is 52.2 Å². The van der Waals surface area contributed by atoms with Gasteiger partial charge in [-0.05, 0) is 31.2 Å². The average molecular weight is 371 g/mol. The van der Waals surface area contributed by atoms with Gasteiger partial charge in [-0.15, -0.1) is 0 Å². The second-order valence-corrected chi connectivity index (χ2v) is 8.62. The molecule has 146 valence electrons. The third-order valence-electron chi connectivity index (χ3n) is 4.48. The molecule has 7 heteroatoms. The van der Waals surface area contributed by atoms with Gasteiger partial charge in [-0.25, -0.2) is 10.0 Å². The summed E-state index contributed by atoms with van der Waals surface area (Å²) in [5.41, 5.74) is 4.38. The van der Waals surface area contributed by atoms with Crippen LogP contribution in [0.25, 0.3) is 0 Å². The highest BCUT2D eigenvalue weighted by Gasteiger charge is 2.30. The highest BCUT2D eigenvalue weighted by atomic mass is 16.3. The number of benzene rings is 1. The van der Waals surface area contributed by atoms with Gasteiger partial charge in [0.25, 0.3) is 0 Å². The standard InChI is InChI=1S/C20H29N5O2/c1-19(2,3)14-8-6-13(7-9-14)17-22-15-12-16(26)24-25(15)18(23-17)21-11-10-20(4,5)27/h6-9,12,16,24,26-27H,10-11H2,1-5H3,(H,21,22,23). The third kappa shape index (κ3) is 4.74. The Labute approximate surface area is 160 Å². The largest absolute Gasteiger partial charge is 0.390 e. The molecule has 3 rings (SSSR count). The molecule has 0 aromatic heterocycles. The molecule has 27 heavy (non-hydrogen) atoms. The number of aliphatic hydroxyl groups is 2. The van der Waals surface area contributed by atoms with E-state index >= 15 is 0 Å². The summed E-state index contributed by atoms with van der Waals surface area (Å²) in [6.07, 6.45) is 1.39. The summed E-state index contributed by atoms with van der Waals surface area (Å²) in [7, 11) is 0. The first kappa shape index (κ1) is 19.5. The van der Waals surface area contributed by atoms with Crippen molar-refractivity contribution in [3.8, 4) is 0 Å². The molecule has 7 nitrogen and oxygen atoms in total. The molecular formula is C20H29N5O2. The summed E-state index contributed by atoms with van der Waals surface area (Å²) < 4.78 is 0. The molecule has 0 radical (unpaired) electrons. The maximum Gasteiger partial charge on any atom is 0.243 e. The van der Waals surface area contributed by atoms with Crippen molar-refractivity contribution in [2.45, 2.75) is 58.3 Å². The molecule has 0 aliphatic carbocycles. The minimum absolute atomic E-state index is 0.0862. The average Bonchev–Trinajstić information content (AvgIpc) is 2.93. The van der Waals surface area contributed by atoms with Crippen LogP contribution in [0.3, 0.4) is 0 Å². The van der Waals surface area contributed by atoms with E-state index < -0.39 is 11.8 Å². The van der Waals surface area contributed by atoms with Crippen LogP contribution in [0.5, 0.6) is 0 Å². The minimum Gasteiger partial charge on any atom is -0.390 e. The van der Waals surface area contributed by atoms with E-state index in [-0.39, 0.29) is 5.41 Å². The topological polar surface area (TPSA) is 92.5 Å². The number of hydrogen-bond donors (Lipinski definition) is 4. The number of aliphatic imine (C=N–C) groups is 2. The second kappa shape index (κ2) is 7.07. The van der Waals surface area contributed by atoms with Gasteiger partial charge in [0.2, 0.25) is 5.96 Å². The van der Waals surface area contributed by atoms with E-state index in [1.807, 2.05) is 12.1 Å². The number of fused-ring (bicyclic) bond motifs is 1. The first-order chi connectivity index (χ1) is 12.5. The molecule has 2 aliphatic rings. The third-order valence-corrected chi connectivity index (χ3v) is 4.48. The number of hydrazine groups is 1. The zero-order valence-electron chi connectivity index (χ0n) is 16.6. The van der Waals surface area contributed by atoms with Crippen molar-refractivity contribution in [2.24, 2.45) is 9.98 Å². The zero-order chi connectivity index (χ0) is 19.8. The molecule has 1 aromatic rings. The fraction of sp³-hybridized carbons (Fsp3) is 0.500. The Bertz CT molecular complexity index is 782. The number of rotatable bonds is 4. The smallest absolute Gasteiger partial charge is 0.243 e. The predicted octanol–water partition coefficient (Wildman–Crippen LogP) is 1.83. The van der Waals surface area contributed by atoms with E-state index in [4.69, 9.17) is 0 Å². The first-order valence-electron chi connectivity index (χ1n) is 9.23. The highest BCUT2D eigenvalue weighted by Crippen LogP contribution is 2.23. The lowest BCUT2D eigenvalue weighted by molar-refractivity contribution is 0.0737. The lowest BCUT2D eigenvalue weighted by Crippen LogP contribution is -2.49. The Morgan fingerprint density at radius 1 is 1.15 bits per heavy atom. The van der Waals surface area contributed by atoms with Gasteiger partial charge < -0.3 is 15.5 Å². The van der Waals surface area contributed by atoms with E-state index in [0.29, 0.717) is 30.6 Å². The van der Waals surface area contributed by atoms with Crippen molar-refractivity contribution < 1.29 is 10.2 Å². The summed E-state index contributed by atoms with van der Waals surface area (Å²) in [4.78, 5) is 9.14. The maximum atomic E-state index is 9.90. The molecule has 0 saturated carbocycles. The number of amidine groups is 1. The first-order valence-corrected chi connectivity index (χ1v) is 9.23. The zero-order valence-corrected chi connectivity index (χ0v) is 16.6. The van der Waals surface area contributed by atoms with Crippen LogP contribution in [0, 0.1) is 0 Å². The Hall–Kier alpha value is -2.22. The highest BCUT2D eigenvalue weighted by molar-refractivity contribution is 6.09. The van der Waals surface area contributed by atoms with Crippen molar-refractivity contribution in [1.29, 1.82) is 0 Å². The van der Waals surface area contributed by atoms with E-state index in [2.05, 4.69) is 53.6 Å². The molecule has 0 fully saturated rings. The molecule has 4 N–H and O–H groups in total. The molecule has 2 heterocycles. The van der Waals surface area contributed by atoms with Gasteiger partial charge in [0.05, 0.1) is 5.60 Å². The number of aliphatic hydroxyl groups excluding tert-OH is 1. The number of nitrogens with zero attached hydrogens (tertiary/aromatic N) is 3.